The molecule has 1 unspecified atom stereocenters. The van der Waals surface area contributed by atoms with Gasteiger partial charge in [0.1, 0.15) is 0 Å². The van der Waals surface area contributed by atoms with E-state index in [2.05, 4.69) is 21.2 Å². The maximum atomic E-state index is 10.9. The van der Waals surface area contributed by atoms with Gasteiger partial charge in [0.15, 0.2) is 6.04 Å². The number of rotatable bonds is 4. The Kier molecular flexibility index (Phi) is 4.11. The van der Waals surface area contributed by atoms with Crippen LogP contribution in [0.15, 0.2) is 22.7 Å². The summed E-state index contributed by atoms with van der Waals surface area (Å²) < 4.78 is 0.577. The van der Waals surface area contributed by atoms with Crippen LogP contribution in [0.5, 0.6) is 0 Å². The molecule has 4 nitrogen and oxygen atoms in total. The van der Waals surface area contributed by atoms with Gasteiger partial charge in [0, 0.05) is 15.1 Å². The third-order valence-electron chi connectivity index (χ3n) is 1.75. The van der Waals surface area contributed by atoms with E-state index in [1.165, 1.54) is 6.07 Å². The van der Waals surface area contributed by atoms with Crippen molar-refractivity contribution >= 4 is 39.9 Å². The van der Waals surface area contributed by atoms with Crippen LogP contribution in [-0.4, -0.2) is 17.5 Å². The van der Waals surface area contributed by atoms with Gasteiger partial charge >= 0.3 is 5.97 Å². The van der Waals surface area contributed by atoms with Crippen LogP contribution in [0.1, 0.15) is 11.6 Å². The molecule has 80 valence electrons. The van der Waals surface area contributed by atoms with E-state index in [1.54, 1.807) is 12.1 Å². The summed E-state index contributed by atoms with van der Waals surface area (Å²) in [7, 11) is 0. The number of carbonyl (C=O) groups excluding carboxylic acids is 1. The van der Waals surface area contributed by atoms with Crippen LogP contribution in [0.4, 0.5) is 0 Å². The van der Waals surface area contributed by atoms with Gasteiger partial charge in [0.25, 0.3) is 0 Å². The van der Waals surface area contributed by atoms with Crippen LogP contribution in [0.25, 0.3) is 0 Å². The molecule has 0 saturated heterocycles. The second-order valence-electron chi connectivity index (χ2n) is 2.72. The van der Waals surface area contributed by atoms with Crippen molar-refractivity contribution in [3.8, 4) is 0 Å². The number of nitrogens with one attached hydrogen (secondary N) is 1. The molecule has 1 atom stereocenters. The molecule has 0 bridgehead atoms. The van der Waals surface area contributed by atoms with Crippen molar-refractivity contribution in [3.05, 3.63) is 33.3 Å². The highest BCUT2D eigenvalue weighted by Crippen LogP contribution is 2.26. The van der Waals surface area contributed by atoms with E-state index < -0.39 is 12.0 Å². The van der Waals surface area contributed by atoms with Crippen molar-refractivity contribution < 1.29 is 14.7 Å². The van der Waals surface area contributed by atoms with E-state index in [1.807, 2.05) is 0 Å². The first-order valence-electron chi connectivity index (χ1n) is 3.93. The summed E-state index contributed by atoms with van der Waals surface area (Å²) in [4.78, 5) is 21.1. The highest BCUT2D eigenvalue weighted by molar-refractivity contribution is 9.10. The van der Waals surface area contributed by atoms with Crippen LogP contribution in [-0.2, 0) is 9.59 Å². The molecule has 0 aliphatic heterocycles. The van der Waals surface area contributed by atoms with Crippen molar-refractivity contribution in [1.29, 1.82) is 0 Å². The van der Waals surface area contributed by atoms with Crippen molar-refractivity contribution in [3.63, 3.8) is 0 Å². The maximum absolute atomic E-state index is 10.9. The number of halogens is 2. The molecule has 0 heterocycles. The number of aliphatic carboxylic acids is 1. The highest BCUT2D eigenvalue weighted by atomic mass is 79.9. The third kappa shape index (κ3) is 2.94. The molecule has 1 amide bonds. The Balaban J connectivity index is 3.15. The second kappa shape index (κ2) is 5.14. The Hall–Kier alpha value is -1.07. The summed E-state index contributed by atoms with van der Waals surface area (Å²) in [5.41, 5.74) is 0.405. The zero-order valence-electron chi connectivity index (χ0n) is 7.41. The molecule has 1 aromatic rings. The molecule has 0 saturated carbocycles. The molecule has 1 aromatic carbocycles. The van der Waals surface area contributed by atoms with E-state index in [9.17, 15) is 9.59 Å². The van der Waals surface area contributed by atoms with E-state index in [0.29, 0.717) is 21.5 Å². The maximum Gasteiger partial charge on any atom is 0.330 e. The Morgan fingerprint density at radius 3 is 2.80 bits per heavy atom. The van der Waals surface area contributed by atoms with Gasteiger partial charge in [-0.15, -0.1) is 0 Å². The summed E-state index contributed by atoms with van der Waals surface area (Å²) >= 11 is 8.93. The van der Waals surface area contributed by atoms with Gasteiger partial charge in [-0.25, -0.2) is 4.79 Å². The first-order chi connectivity index (χ1) is 7.06. The minimum Gasteiger partial charge on any atom is -0.479 e. The lowest BCUT2D eigenvalue weighted by Crippen LogP contribution is -2.27. The molecule has 0 aromatic heterocycles. The van der Waals surface area contributed by atoms with Gasteiger partial charge in [0.05, 0.1) is 0 Å². The van der Waals surface area contributed by atoms with Gasteiger partial charge < -0.3 is 10.4 Å². The monoisotopic (exact) mass is 291 g/mol. The van der Waals surface area contributed by atoms with Crippen LogP contribution in [0, 0.1) is 0 Å². The standard InChI is InChI=1S/C9H7BrClNO3/c10-7-2-1-5(11)3-6(7)8(9(14)15)12-4-13/h1-4,8H,(H,12,13)(H,14,15). The number of carboxylic acids is 1. The summed E-state index contributed by atoms with van der Waals surface area (Å²) in [5, 5.41) is 11.5. The van der Waals surface area contributed by atoms with Gasteiger partial charge in [-0.2, -0.15) is 0 Å². The predicted octanol–water partition coefficient (Wildman–Crippen LogP) is 1.97. The van der Waals surface area contributed by atoms with Crippen LogP contribution in [0.2, 0.25) is 5.02 Å². The van der Waals surface area contributed by atoms with E-state index in [-0.39, 0.29) is 0 Å². The average Bonchev–Trinajstić information content (AvgIpc) is 2.18. The Labute approximate surface area is 99.4 Å². The molecule has 0 fully saturated rings. The first kappa shape index (κ1) is 12.0. The smallest absolute Gasteiger partial charge is 0.330 e. The van der Waals surface area contributed by atoms with Gasteiger partial charge in [0.2, 0.25) is 6.41 Å². The first-order valence-corrected chi connectivity index (χ1v) is 5.11. The van der Waals surface area contributed by atoms with Crippen LogP contribution in [0.3, 0.4) is 0 Å². The Morgan fingerprint density at radius 1 is 1.60 bits per heavy atom. The SMILES string of the molecule is O=CNC(C(=O)O)c1cc(Cl)ccc1Br. The minimum atomic E-state index is -1.15. The van der Waals surface area contributed by atoms with Crippen molar-refractivity contribution in [2.24, 2.45) is 0 Å². The molecule has 0 radical (unpaired) electrons. The van der Waals surface area contributed by atoms with Crippen molar-refractivity contribution in [2.45, 2.75) is 6.04 Å². The number of hydrogen-bond donors (Lipinski definition) is 2. The van der Waals surface area contributed by atoms with E-state index in [4.69, 9.17) is 16.7 Å². The molecular weight excluding hydrogens is 285 g/mol. The summed E-state index contributed by atoms with van der Waals surface area (Å²) in [6, 6.07) is 3.63. The van der Waals surface area contributed by atoms with Gasteiger partial charge in [-0.05, 0) is 18.2 Å². The zero-order chi connectivity index (χ0) is 11.4. The Bertz CT molecular complexity index is 397. The van der Waals surface area contributed by atoms with Crippen molar-refractivity contribution in [1.82, 2.24) is 5.32 Å². The fourth-order valence-corrected chi connectivity index (χ4v) is 1.75. The quantitative estimate of drug-likeness (QED) is 0.834. The lowest BCUT2D eigenvalue weighted by molar-refractivity contribution is -0.140. The summed E-state index contributed by atoms with van der Waals surface area (Å²) in [6.07, 6.45) is 0.339. The third-order valence-corrected chi connectivity index (χ3v) is 2.71. The highest BCUT2D eigenvalue weighted by Gasteiger charge is 2.21. The molecular formula is C9H7BrClNO3. The molecule has 1 rings (SSSR count). The molecule has 0 aliphatic carbocycles. The molecule has 15 heavy (non-hydrogen) atoms. The normalized spacial score (nSPS) is 11.9. The van der Waals surface area contributed by atoms with Crippen LogP contribution < -0.4 is 5.32 Å². The molecule has 0 aliphatic rings. The average molecular weight is 293 g/mol. The van der Waals surface area contributed by atoms with Crippen molar-refractivity contribution in [2.75, 3.05) is 0 Å². The molecule has 0 spiro atoms. The van der Waals surface area contributed by atoms with E-state index in [0.717, 1.165) is 0 Å². The largest absolute Gasteiger partial charge is 0.479 e. The predicted molar refractivity (Wildman–Crippen MR) is 58.7 cm³/mol. The lowest BCUT2D eigenvalue weighted by atomic mass is 10.1. The number of carboxylic acid groups (broad SMARTS) is 1. The topological polar surface area (TPSA) is 66.4 Å². The van der Waals surface area contributed by atoms with Gasteiger partial charge in [-0.3, -0.25) is 4.79 Å². The second-order valence-corrected chi connectivity index (χ2v) is 4.01. The summed E-state index contributed by atoms with van der Waals surface area (Å²) in [5.74, 6) is -1.15. The molecule has 2 N–H and O–H groups in total. The number of carbonyl (C=O) groups is 2. The fourth-order valence-electron chi connectivity index (χ4n) is 1.10. The van der Waals surface area contributed by atoms with Crippen LogP contribution >= 0.6 is 27.5 Å². The lowest BCUT2D eigenvalue weighted by Gasteiger charge is -2.13. The number of amides is 1. The zero-order valence-corrected chi connectivity index (χ0v) is 9.75. The number of hydrogen-bond acceptors (Lipinski definition) is 2. The molecule has 6 heteroatoms. The summed E-state index contributed by atoms with van der Waals surface area (Å²) in [6.45, 7) is 0. The van der Waals surface area contributed by atoms with Gasteiger partial charge in [-0.1, -0.05) is 27.5 Å². The minimum absolute atomic E-state index is 0.339. The fraction of sp³-hybridized carbons (Fsp3) is 0.111. The Morgan fingerprint density at radius 2 is 2.27 bits per heavy atom. The van der Waals surface area contributed by atoms with E-state index >= 15 is 0 Å². The number of benzene rings is 1.